The van der Waals surface area contributed by atoms with E-state index in [0.717, 1.165) is 50.3 Å². The summed E-state index contributed by atoms with van der Waals surface area (Å²) in [4.78, 5) is 7.32. The van der Waals surface area contributed by atoms with Crippen molar-refractivity contribution in [1.82, 2.24) is 25.3 Å². The second-order valence-corrected chi connectivity index (χ2v) is 7.14. The third-order valence-electron chi connectivity index (χ3n) is 5.02. The van der Waals surface area contributed by atoms with Gasteiger partial charge in [-0.15, -0.1) is 0 Å². The van der Waals surface area contributed by atoms with Crippen LogP contribution in [0.3, 0.4) is 0 Å². The molecule has 0 radical (unpaired) electrons. The summed E-state index contributed by atoms with van der Waals surface area (Å²) < 4.78 is 1.97. The molecule has 0 amide bonds. The molecule has 2 N–H and O–H groups in total. The van der Waals surface area contributed by atoms with Crippen LogP contribution in [0.2, 0.25) is 0 Å². The van der Waals surface area contributed by atoms with Gasteiger partial charge in [0.1, 0.15) is 0 Å². The van der Waals surface area contributed by atoms with Gasteiger partial charge >= 0.3 is 0 Å². The van der Waals surface area contributed by atoms with Gasteiger partial charge in [-0.1, -0.05) is 6.92 Å². The molecule has 1 aliphatic carbocycles. The minimum atomic E-state index is 0.310. The van der Waals surface area contributed by atoms with Crippen LogP contribution < -0.4 is 10.6 Å². The van der Waals surface area contributed by atoms with Gasteiger partial charge < -0.3 is 10.6 Å². The standard InChI is InChI=1S/C19H36N6/c1-7-20-19(21-11-12-25(8-2)17-9-10-17)22-14(3)13-18-15(4)23-24(6)16(18)5/h14,17H,7-13H2,1-6H3,(H2,20,21,22). The second kappa shape index (κ2) is 9.22. The zero-order valence-corrected chi connectivity index (χ0v) is 16.9. The summed E-state index contributed by atoms with van der Waals surface area (Å²) in [5.74, 6) is 0.918. The van der Waals surface area contributed by atoms with E-state index in [2.05, 4.69) is 55.3 Å². The summed E-state index contributed by atoms with van der Waals surface area (Å²) >= 11 is 0. The lowest BCUT2D eigenvalue weighted by Crippen LogP contribution is -2.43. The maximum absolute atomic E-state index is 4.77. The third-order valence-corrected chi connectivity index (χ3v) is 5.02. The number of aryl methyl sites for hydroxylation is 2. The Morgan fingerprint density at radius 3 is 2.60 bits per heavy atom. The van der Waals surface area contributed by atoms with Gasteiger partial charge in [0.15, 0.2) is 5.96 Å². The second-order valence-electron chi connectivity index (χ2n) is 7.14. The Kier molecular flexibility index (Phi) is 7.29. The van der Waals surface area contributed by atoms with Crippen molar-refractivity contribution in [2.24, 2.45) is 12.0 Å². The molecule has 0 spiro atoms. The molecule has 142 valence electrons. The van der Waals surface area contributed by atoms with Crippen LogP contribution in [0, 0.1) is 13.8 Å². The average molecular weight is 349 g/mol. The van der Waals surface area contributed by atoms with Crippen LogP contribution in [-0.2, 0) is 13.5 Å². The van der Waals surface area contributed by atoms with Gasteiger partial charge in [-0.2, -0.15) is 5.10 Å². The fourth-order valence-corrected chi connectivity index (χ4v) is 3.35. The van der Waals surface area contributed by atoms with Crippen molar-refractivity contribution in [3.63, 3.8) is 0 Å². The highest BCUT2D eigenvalue weighted by molar-refractivity contribution is 5.80. The fraction of sp³-hybridized carbons (Fsp3) is 0.789. The molecule has 1 saturated carbocycles. The van der Waals surface area contributed by atoms with Crippen molar-refractivity contribution in [2.75, 3.05) is 26.2 Å². The zero-order chi connectivity index (χ0) is 18.4. The van der Waals surface area contributed by atoms with Crippen molar-refractivity contribution in [3.8, 4) is 0 Å². The smallest absolute Gasteiger partial charge is 0.191 e. The summed E-state index contributed by atoms with van der Waals surface area (Å²) in [7, 11) is 2.01. The first-order valence-electron chi connectivity index (χ1n) is 9.74. The van der Waals surface area contributed by atoms with Crippen molar-refractivity contribution >= 4 is 5.96 Å². The number of aliphatic imine (C=N–C) groups is 1. The van der Waals surface area contributed by atoms with Crippen LogP contribution in [0.15, 0.2) is 4.99 Å². The molecule has 1 aromatic rings. The fourth-order valence-electron chi connectivity index (χ4n) is 3.35. The number of nitrogens with zero attached hydrogens (tertiary/aromatic N) is 4. The van der Waals surface area contributed by atoms with Crippen molar-refractivity contribution in [1.29, 1.82) is 0 Å². The predicted octanol–water partition coefficient (Wildman–Crippen LogP) is 2.01. The zero-order valence-electron chi connectivity index (χ0n) is 16.9. The van der Waals surface area contributed by atoms with Crippen LogP contribution >= 0.6 is 0 Å². The molecule has 2 rings (SSSR count). The molecular weight excluding hydrogens is 312 g/mol. The quantitative estimate of drug-likeness (QED) is 0.529. The molecule has 1 unspecified atom stereocenters. The molecule has 1 aliphatic rings. The normalized spacial score (nSPS) is 16.4. The Morgan fingerprint density at radius 2 is 2.08 bits per heavy atom. The Morgan fingerprint density at radius 1 is 1.36 bits per heavy atom. The lowest BCUT2D eigenvalue weighted by atomic mass is 10.1. The van der Waals surface area contributed by atoms with Gasteiger partial charge in [0.05, 0.1) is 12.2 Å². The van der Waals surface area contributed by atoms with E-state index in [1.807, 2.05) is 11.7 Å². The molecule has 0 bridgehead atoms. The molecule has 1 atom stereocenters. The first-order chi connectivity index (χ1) is 12.0. The van der Waals surface area contributed by atoms with Crippen molar-refractivity contribution in [3.05, 3.63) is 17.0 Å². The monoisotopic (exact) mass is 348 g/mol. The third kappa shape index (κ3) is 5.73. The Balaban J connectivity index is 1.89. The molecule has 0 aliphatic heterocycles. The highest BCUT2D eigenvalue weighted by atomic mass is 15.3. The summed E-state index contributed by atoms with van der Waals surface area (Å²) in [6.07, 6.45) is 3.67. The van der Waals surface area contributed by atoms with Crippen molar-refractivity contribution in [2.45, 2.75) is 66.0 Å². The minimum Gasteiger partial charge on any atom is -0.357 e. The number of rotatable bonds is 9. The number of aromatic nitrogens is 2. The van der Waals surface area contributed by atoms with Gasteiger partial charge in [0.2, 0.25) is 0 Å². The largest absolute Gasteiger partial charge is 0.357 e. The predicted molar refractivity (Wildman–Crippen MR) is 105 cm³/mol. The molecule has 6 heteroatoms. The van der Waals surface area contributed by atoms with Gasteiger partial charge in [-0.3, -0.25) is 14.6 Å². The number of hydrogen-bond acceptors (Lipinski definition) is 3. The van der Waals surface area contributed by atoms with E-state index in [0.29, 0.717) is 6.04 Å². The van der Waals surface area contributed by atoms with Crippen LogP contribution in [0.25, 0.3) is 0 Å². The highest BCUT2D eigenvalue weighted by Gasteiger charge is 2.27. The van der Waals surface area contributed by atoms with Gasteiger partial charge in [0, 0.05) is 37.9 Å². The van der Waals surface area contributed by atoms with E-state index >= 15 is 0 Å². The number of likely N-dealkylation sites (N-methyl/N-ethyl adjacent to an activating group) is 1. The van der Waals surface area contributed by atoms with Crippen molar-refractivity contribution < 1.29 is 0 Å². The SMILES string of the molecule is CCNC(=NCCN(CC)C1CC1)NC(C)Cc1c(C)nn(C)c1C. The van der Waals surface area contributed by atoms with Gasteiger partial charge in [-0.25, -0.2) is 0 Å². The van der Waals surface area contributed by atoms with E-state index in [1.54, 1.807) is 0 Å². The molecule has 1 heterocycles. The molecule has 0 aromatic carbocycles. The molecule has 25 heavy (non-hydrogen) atoms. The molecular formula is C19H36N6. The Bertz CT molecular complexity index is 573. The van der Waals surface area contributed by atoms with Crippen LogP contribution in [-0.4, -0.2) is 58.9 Å². The lowest BCUT2D eigenvalue weighted by Gasteiger charge is -2.20. The lowest BCUT2D eigenvalue weighted by molar-refractivity contribution is 0.286. The maximum Gasteiger partial charge on any atom is 0.191 e. The summed E-state index contributed by atoms with van der Waals surface area (Å²) in [6, 6.07) is 1.12. The first-order valence-corrected chi connectivity index (χ1v) is 9.74. The van der Waals surface area contributed by atoms with E-state index < -0.39 is 0 Å². The van der Waals surface area contributed by atoms with E-state index in [1.165, 1.54) is 24.1 Å². The molecule has 6 nitrogen and oxygen atoms in total. The maximum atomic E-state index is 4.77. The summed E-state index contributed by atoms with van der Waals surface area (Å²) in [5, 5.41) is 11.4. The topological polar surface area (TPSA) is 57.5 Å². The van der Waals surface area contributed by atoms with Gasteiger partial charge in [-0.05, 0) is 59.1 Å². The molecule has 1 fully saturated rings. The van der Waals surface area contributed by atoms with Crippen LogP contribution in [0.5, 0.6) is 0 Å². The summed E-state index contributed by atoms with van der Waals surface area (Å²) in [6.45, 7) is 14.7. The molecule has 1 aromatic heterocycles. The number of nitrogens with one attached hydrogen (secondary N) is 2. The molecule has 0 saturated heterocycles. The van der Waals surface area contributed by atoms with E-state index in [4.69, 9.17) is 4.99 Å². The minimum absolute atomic E-state index is 0.310. The first kappa shape index (κ1) is 19.8. The van der Waals surface area contributed by atoms with Crippen LogP contribution in [0.4, 0.5) is 0 Å². The Labute approximate surface area is 153 Å². The highest BCUT2D eigenvalue weighted by Crippen LogP contribution is 2.25. The number of hydrogen-bond donors (Lipinski definition) is 2. The summed E-state index contributed by atoms with van der Waals surface area (Å²) in [5.41, 5.74) is 3.71. The van der Waals surface area contributed by atoms with E-state index in [-0.39, 0.29) is 0 Å². The van der Waals surface area contributed by atoms with Crippen LogP contribution in [0.1, 0.15) is 50.6 Å². The van der Waals surface area contributed by atoms with E-state index in [9.17, 15) is 0 Å². The number of guanidine groups is 1. The van der Waals surface area contributed by atoms with Gasteiger partial charge in [0.25, 0.3) is 0 Å². The average Bonchev–Trinajstić information content (AvgIpc) is 3.37. The Hall–Kier alpha value is -1.56.